The van der Waals surface area contributed by atoms with Crippen LogP contribution in [0, 0.1) is 5.92 Å². The van der Waals surface area contributed by atoms with Crippen LogP contribution >= 0.6 is 11.6 Å². The van der Waals surface area contributed by atoms with Gasteiger partial charge >= 0.3 is 0 Å². The summed E-state index contributed by atoms with van der Waals surface area (Å²) in [6, 6.07) is 0. The molecule has 0 fully saturated rings. The molecule has 1 aliphatic carbocycles. The minimum absolute atomic E-state index is 0.0994. The molecular weight excluding hydrogens is 328 g/mol. The fourth-order valence-corrected chi connectivity index (χ4v) is 2.91. The van der Waals surface area contributed by atoms with Crippen molar-refractivity contribution in [2.24, 2.45) is 5.92 Å². The molecule has 4 nitrogen and oxygen atoms in total. The average Bonchev–Trinajstić information content (AvgIpc) is 2.56. The number of allylic oxidation sites excluding steroid dienone is 5. The molecule has 2 rings (SSSR count). The lowest BCUT2D eigenvalue weighted by Crippen LogP contribution is -2.51. The Kier molecular flexibility index (Phi) is 5.53. The second-order valence-corrected chi connectivity index (χ2v) is 6.85. The van der Waals surface area contributed by atoms with Gasteiger partial charge in [0.15, 0.2) is 5.60 Å². The van der Waals surface area contributed by atoms with Crippen LogP contribution in [0.15, 0.2) is 58.1 Å². The molecule has 5 heteroatoms. The highest BCUT2D eigenvalue weighted by molar-refractivity contribution is 6.45. The van der Waals surface area contributed by atoms with E-state index in [4.69, 9.17) is 16.3 Å². The first-order chi connectivity index (χ1) is 11.2. The van der Waals surface area contributed by atoms with E-state index in [1.165, 1.54) is 13.2 Å². The first kappa shape index (κ1) is 18.7. The molecule has 0 aromatic carbocycles. The number of hydrogen-bond acceptors (Lipinski definition) is 4. The number of aliphatic hydroxyl groups is 2. The highest BCUT2D eigenvalue weighted by Gasteiger charge is 2.48. The molecule has 2 aliphatic rings. The van der Waals surface area contributed by atoms with Gasteiger partial charge in [0, 0.05) is 11.1 Å². The van der Waals surface area contributed by atoms with Crippen molar-refractivity contribution in [1.29, 1.82) is 0 Å². The van der Waals surface area contributed by atoms with Gasteiger partial charge in [-0.25, -0.2) is 0 Å². The van der Waals surface area contributed by atoms with E-state index in [0.717, 1.165) is 12.0 Å². The number of aliphatic hydroxyl groups excluding tert-OH is 1. The fourth-order valence-electron chi connectivity index (χ4n) is 2.55. The van der Waals surface area contributed by atoms with Gasteiger partial charge in [0.1, 0.15) is 11.9 Å². The van der Waals surface area contributed by atoms with Gasteiger partial charge in [-0.05, 0) is 31.9 Å². The van der Waals surface area contributed by atoms with E-state index in [1.54, 1.807) is 12.2 Å². The summed E-state index contributed by atoms with van der Waals surface area (Å²) in [5.41, 5.74) is -0.165. The lowest BCUT2D eigenvalue weighted by atomic mass is 9.79. The maximum absolute atomic E-state index is 12.1. The van der Waals surface area contributed by atoms with Gasteiger partial charge in [-0.3, -0.25) is 4.79 Å². The maximum atomic E-state index is 12.1. The maximum Gasteiger partial charge on any atom is 0.209 e. The zero-order valence-corrected chi connectivity index (χ0v) is 15.1. The van der Waals surface area contributed by atoms with Gasteiger partial charge in [0.25, 0.3) is 0 Å². The average molecular weight is 351 g/mol. The van der Waals surface area contributed by atoms with Crippen molar-refractivity contribution in [2.75, 3.05) is 0 Å². The number of halogens is 1. The summed E-state index contributed by atoms with van der Waals surface area (Å²) < 4.78 is 5.49. The van der Waals surface area contributed by atoms with Crippen LogP contribution < -0.4 is 0 Å². The molecular formula is C19H23ClO4. The molecule has 0 unspecified atom stereocenters. The Hall–Kier alpha value is -1.62. The lowest BCUT2D eigenvalue weighted by molar-refractivity contribution is -0.140. The normalized spacial score (nSPS) is 29.2. The van der Waals surface area contributed by atoms with Crippen molar-refractivity contribution >= 4 is 17.4 Å². The number of carbonyl (C=O) groups excluding carboxylic acids is 1. The first-order valence-corrected chi connectivity index (χ1v) is 8.36. The molecule has 0 amide bonds. The molecule has 0 spiro atoms. The first-order valence-electron chi connectivity index (χ1n) is 7.98. The summed E-state index contributed by atoms with van der Waals surface area (Å²) >= 11 is 6.09. The third kappa shape index (κ3) is 3.56. The number of ether oxygens (including phenoxy) is 1. The van der Waals surface area contributed by atoms with Crippen molar-refractivity contribution in [3.63, 3.8) is 0 Å². The SMILES string of the molecule is CC[C@H](C)/C=C(C)\C=C\C1=CC2=C(Cl)C(=O)[C@@](C)(O)[C@H](O)C2=CO1. The highest BCUT2D eigenvalue weighted by atomic mass is 35.5. The highest BCUT2D eigenvalue weighted by Crippen LogP contribution is 2.39. The second kappa shape index (κ2) is 7.09. The van der Waals surface area contributed by atoms with E-state index in [1.807, 2.05) is 13.0 Å². The van der Waals surface area contributed by atoms with E-state index >= 15 is 0 Å². The third-order valence-electron chi connectivity index (χ3n) is 4.34. The van der Waals surface area contributed by atoms with E-state index in [2.05, 4.69) is 19.9 Å². The molecule has 0 saturated heterocycles. The number of carbonyl (C=O) groups is 1. The van der Waals surface area contributed by atoms with Crippen molar-refractivity contribution in [2.45, 2.75) is 45.8 Å². The van der Waals surface area contributed by atoms with Crippen LogP contribution in [-0.2, 0) is 9.53 Å². The van der Waals surface area contributed by atoms with Crippen LogP contribution in [0.25, 0.3) is 0 Å². The van der Waals surface area contributed by atoms with E-state index < -0.39 is 17.5 Å². The van der Waals surface area contributed by atoms with Gasteiger partial charge in [-0.15, -0.1) is 0 Å². The van der Waals surface area contributed by atoms with E-state index in [-0.39, 0.29) is 5.03 Å². The molecule has 24 heavy (non-hydrogen) atoms. The molecule has 3 atom stereocenters. The summed E-state index contributed by atoms with van der Waals surface area (Å²) in [4.78, 5) is 12.1. The molecule has 1 heterocycles. The Balaban J connectivity index is 2.30. The lowest BCUT2D eigenvalue weighted by Gasteiger charge is -2.35. The van der Waals surface area contributed by atoms with E-state index in [9.17, 15) is 15.0 Å². The molecule has 2 N–H and O–H groups in total. The van der Waals surface area contributed by atoms with Gasteiger partial charge in [0.2, 0.25) is 5.78 Å². The summed E-state index contributed by atoms with van der Waals surface area (Å²) in [5, 5.41) is 20.2. The van der Waals surface area contributed by atoms with Crippen LogP contribution in [0.2, 0.25) is 0 Å². The van der Waals surface area contributed by atoms with Crippen LogP contribution in [-0.4, -0.2) is 27.7 Å². The van der Waals surface area contributed by atoms with E-state index in [0.29, 0.717) is 22.8 Å². The fraction of sp³-hybridized carbons (Fsp3) is 0.421. The Labute approximate surface area is 147 Å². The minimum atomic E-state index is -1.95. The number of hydrogen-bond donors (Lipinski definition) is 2. The number of Topliss-reactive ketones (excluding diaryl/α,β-unsaturated/α-hetero) is 1. The van der Waals surface area contributed by atoms with Gasteiger partial charge in [-0.2, -0.15) is 0 Å². The largest absolute Gasteiger partial charge is 0.465 e. The van der Waals surface area contributed by atoms with Crippen molar-refractivity contribution < 1.29 is 19.7 Å². The molecule has 0 radical (unpaired) electrons. The molecule has 0 aromatic heterocycles. The summed E-state index contributed by atoms with van der Waals surface area (Å²) in [5.74, 6) is 0.302. The zero-order valence-electron chi connectivity index (χ0n) is 14.3. The van der Waals surface area contributed by atoms with Crippen LogP contribution in [0.1, 0.15) is 34.1 Å². The molecule has 0 saturated carbocycles. The van der Waals surface area contributed by atoms with Gasteiger partial charge in [-0.1, -0.05) is 49.6 Å². The third-order valence-corrected chi connectivity index (χ3v) is 4.72. The monoisotopic (exact) mass is 350 g/mol. The van der Waals surface area contributed by atoms with Crippen molar-refractivity contribution in [1.82, 2.24) is 0 Å². The Morgan fingerprint density at radius 1 is 1.54 bits per heavy atom. The number of ketones is 1. The summed E-state index contributed by atoms with van der Waals surface area (Å²) in [7, 11) is 0. The molecule has 0 aromatic rings. The standard InChI is InChI=1S/C19H23ClO4/c1-5-11(2)8-12(3)6-7-13-9-14-15(10-24-13)17(21)19(4,23)18(22)16(14)20/h6-11,17,21,23H,5H2,1-4H3/b7-6+,12-8-/t11-,17+,19-/m0/s1. The van der Waals surface area contributed by atoms with Crippen LogP contribution in [0.4, 0.5) is 0 Å². The van der Waals surface area contributed by atoms with Crippen LogP contribution in [0.3, 0.4) is 0 Å². The van der Waals surface area contributed by atoms with Crippen molar-refractivity contribution in [3.8, 4) is 0 Å². The van der Waals surface area contributed by atoms with Crippen LogP contribution in [0.5, 0.6) is 0 Å². The Morgan fingerprint density at radius 3 is 2.83 bits per heavy atom. The predicted octanol–water partition coefficient (Wildman–Crippen LogP) is 3.52. The summed E-state index contributed by atoms with van der Waals surface area (Å²) in [6.45, 7) is 7.52. The quantitative estimate of drug-likeness (QED) is 0.761. The second-order valence-electron chi connectivity index (χ2n) is 6.47. The zero-order chi connectivity index (χ0) is 18.1. The smallest absolute Gasteiger partial charge is 0.209 e. The topological polar surface area (TPSA) is 66.8 Å². The Morgan fingerprint density at radius 2 is 2.21 bits per heavy atom. The molecule has 1 aliphatic heterocycles. The molecule has 130 valence electrons. The number of fused-ring (bicyclic) bond motifs is 1. The van der Waals surface area contributed by atoms with Gasteiger partial charge < -0.3 is 14.9 Å². The predicted molar refractivity (Wildman–Crippen MR) is 94.1 cm³/mol. The van der Waals surface area contributed by atoms with Gasteiger partial charge in [0.05, 0.1) is 11.3 Å². The Bertz CT molecular complexity index is 692. The summed E-state index contributed by atoms with van der Waals surface area (Å²) in [6.07, 6.45) is 8.48. The number of rotatable bonds is 4. The minimum Gasteiger partial charge on any atom is -0.465 e. The van der Waals surface area contributed by atoms with Crippen molar-refractivity contribution in [3.05, 3.63) is 58.1 Å². The molecule has 0 bridgehead atoms.